The van der Waals surface area contributed by atoms with Crippen molar-refractivity contribution in [3.05, 3.63) is 70.5 Å². The van der Waals surface area contributed by atoms with Crippen LogP contribution in [0.25, 0.3) is 10.8 Å². The zero-order valence-corrected chi connectivity index (χ0v) is 14.3. The summed E-state index contributed by atoms with van der Waals surface area (Å²) < 4.78 is 57.7. The summed E-state index contributed by atoms with van der Waals surface area (Å²) in [4.78, 5) is 12.8. The fourth-order valence-electron chi connectivity index (χ4n) is 3.07. The van der Waals surface area contributed by atoms with Crippen molar-refractivity contribution < 1.29 is 32.2 Å². The lowest BCUT2D eigenvalue weighted by Crippen LogP contribution is -2.11. The summed E-state index contributed by atoms with van der Waals surface area (Å²) in [6.45, 7) is 1.51. The highest BCUT2D eigenvalue weighted by molar-refractivity contribution is 6.16. The molecule has 0 heterocycles. The summed E-state index contributed by atoms with van der Waals surface area (Å²) >= 11 is 0. The van der Waals surface area contributed by atoms with Gasteiger partial charge in [-0.2, -0.15) is 13.2 Å². The second-order valence-electron chi connectivity index (χ2n) is 5.95. The molecule has 0 aliphatic heterocycles. The number of phenols is 1. The van der Waals surface area contributed by atoms with Gasteiger partial charge in [-0.25, -0.2) is 4.39 Å². The molecule has 0 amide bonds. The van der Waals surface area contributed by atoms with Crippen LogP contribution in [-0.4, -0.2) is 18.0 Å². The van der Waals surface area contributed by atoms with Gasteiger partial charge >= 0.3 is 6.18 Å². The van der Waals surface area contributed by atoms with Crippen molar-refractivity contribution in [2.24, 2.45) is 0 Å². The minimum atomic E-state index is -4.73. The summed E-state index contributed by atoms with van der Waals surface area (Å²) in [6.07, 6.45) is -4.73. The maximum Gasteiger partial charge on any atom is 0.416 e. The largest absolute Gasteiger partial charge is 0.507 e. The number of methoxy groups -OCH3 is 1. The summed E-state index contributed by atoms with van der Waals surface area (Å²) in [6, 6.07) is 8.27. The SMILES string of the molecule is COc1c(C)c(C(=O)c2ccc(C(F)(F)F)cc2F)c(O)c2ccccc12. The molecule has 0 bridgehead atoms. The molecule has 0 aliphatic carbocycles. The number of rotatable bonds is 3. The van der Waals surface area contributed by atoms with E-state index in [0.29, 0.717) is 22.6 Å². The van der Waals surface area contributed by atoms with E-state index in [0.717, 1.165) is 6.07 Å². The number of phenolic OH excluding ortho intramolecular Hbond substituents is 1. The van der Waals surface area contributed by atoms with Gasteiger partial charge in [0, 0.05) is 16.3 Å². The zero-order chi connectivity index (χ0) is 19.9. The van der Waals surface area contributed by atoms with Gasteiger partial charge in [-0.15, -0.1) is 0 Å². The summed E-state index contributed by atoms with van der Waals surface area (Å²) in [5.74, 6) is -2.31. The molecule has 0 fully saturated rings. The number of fused-ring (bicyclic) bond motifs is 1. The number of carbonyl (C=O) groups excluding carboxylic acids is 1. The Morgan fingerprint density at radius 2 is 1.70 bits per heavy atom. The van der Waals surface area contributed by atoms with Crippen LogP contribution in [0, 0.1) is 12.7 Å². The number of alkyl halides is 3. The predicted molar refractivity (Wildman–Crippen MR) is 91.7 cm³/mol. The van der Waals surface area contributed by atoms with Gasteiger partial charge in [0.2, 0.25) is 0 Å². The van der Waals surface area contributed by atoms with Crippen molar-refractivity contribution in [1.29, 1.82) is 0 Å². The Morgan fingerprint density at radius 1 is 1.07 bits per heavy atom. The first-order chi connectivity index (χ1) is 12.7. The number of carbonyl (C=O) groups is 1. The lowest BCUT2D eigenvalue weighted by molar-refractivity contribution is -0.137. The summed E-state index contributed by atoms with van der Waals surface area (Å²) in [5, 5.41) is 11.4. The van der Waals surface area contributed by atoms with Crippen LogP contribution in [0.4, 0.5) is 17.6 Å². The van der Waals surface area contributed by atoms with Crippen LogP contribution in [-0.2, 0) is 6.18 Å². The minimum Gasteiger partial charge on any atom is -0.507 e. The number of hydrogen-bond acceptors (Lipinski definition) is 3. The van der Waals surface area contributed by atoms with Gasteiger partial charge in [0.25, 0.3) is 0 Å². The van der Waals surface area contributed by atoms with E-state index < -0.39 is 28.9 Å². The van der Waals surface area contributed by atoms with Crippen molar-refractivity contribution in [2.75, 3.05) is 7.11 Å². The fourth-order valence-corrected chi connectivity index (χ4v) is 3.07. The topological polar surface area (TPSA) is 46.5 Å². The third kappa shape index (κ3) is 3.09. The number of hydrogen-bond donors (Lipinski definition) is 1. The first kappa shape index (κ1) is 18.7. The van der Waals surface area contributed by atoms with Crippen molar-refractivity contribution in [2.45, 2.75) is 13.1 Å². The Labute approximate surface area is 151 Å². The van der Waals surface area contributed by atoms with E-state index in [1.807, 2.05) is 0 Å². The van der Waals surface area contributed by atoms with Crippen molar-refractivity contribution >= 4 is 16.6 Å². The maximum absolute atomic E-state index is 14.2. The van der Waals surface area contributed by atoms with E-state index in [1.165, 1.54) is 14.0 Å². The minimum absolute atomic E-state index is 0.218. The number of benzene rings is 3. The highest BCUT2D eigenvalue weighted by atomic mass is 19.4. The lowest BCUT2D eigenvalue weighted by atomic mass is 9.92. The Morgan fingerprint density at radius 3 is 2.26 bits per heavy atom. The normalized spacial score (nSPS) is 11.6. The number of aromatic hydroxyl groups is 1. The smallest absolute Gasteiger partial charge is 0.416 e. The maximum atomic E-state index is 14.2. The first-order valence-electron chi connectivity index (χ1n) is 7.86. The number of ketones is 1. The van der Waals surface area contributed by atoms with Gasteiger partial charge in [0.05, 0.1) is 23.8 Å². The van der Waals surface area contributed by atoms with Gasteiger partial charge in [0.15, 0.2) is 5.78 Å². The van der Waals surface area contributed by atoms with Crippen LogP contribution in [0.3, 0.4) is 0 Å². The third-order valence-electron chi connectivity index (χ3n) is 4.35. The molecule has 27 heavy (non-hydrogen) atoms. The standard InChI is InChI=1S/C20H14F4O3/c1-10-16(17(25)12-5-3-4-6-13(12)19(10)27-2)18(26)14-8-7-11(9-15(14)21)20(22,23)24/h3-9,25H,1-2H3. The molecule has 0 aromatic heterocycles. The molecule has 3 rings (SSSR count). The quantitative estimate of drug-likeness (QED) is 0.500. The van der Waals surface area contributed by atoms with Crippen LogP contribution in [0.1, 0.15) is 27.0 Å². The van der Waals surface area contributed by atoms with Crippen molar-refractivity contribution in [3.8, 4) is 11.5 Å². The summed E-state index contributed by atoms with van der Waals surface area (Å²) in [5.41, 5.74) is -1.73. The third-order valence-corrected chi connectivity index (χ3v) is 4.35. The highest BCUT2D eigenvalue weighted by Gasteiger charge is 2.32. The summed E-state index contributed by atoms with van der Waals surface area (Å²) in [7, 11) is 1.39. The Kier molecular flexibility index (Phi) is 4.55. The second-order valence-corrected chi connectivity index (χ2v) is 5.95. The van der Waals surface area contributed by atoms with Gasteiger partial charge in [-0.1, -0.05) is 24.3 Å². The van der Waals surface area contributed by atoms with E-state index in [4.69, 9.17) is 4.74 Å². The molecule has 1 N–H and O–H groups in total. The predicted octanol–water partition coefficient (Wildman–Crippen LogP) is 5.25. The Balaban J connectivity index is 2.23. The Bertz CT molecular complexity index is 1060. The fraction of sp³-hybridized carbons (Fsp3) is 0.150. The first-order valence-corrected chi connectivity index (χ1v) is 7.86. The molecular formula is C20H14F4O3. The van der Waals surface area contributed by atoms with Crippen molar-refractivity contribution in [1.82, 2.24) is 0 Å². The van der Waals surface area contributed by atoms with Crippen molar-refractivity contribution in [3.63, 3.8) is 0 Å². The lowest BCUT2D eigenvalue weighted by Gasteiger charge is -2.16. The van der Waals surface area contributed by atoms with E-state index in [-0.39, 0.29) is 22.9 Å². The highest BCUT2D eigenvalue weighted by Crippen LogP contribution is 2.41. The van der Waals surface area contributed by atoms with Crippen LogP contribution in [0.2, 0.25) is 0 Å². The van der Waals surface area contributed by atoms with Crippen LogP contribution < -0.4 is 4.74 Å². The molecule has 0 saturated heterocycles. The molecule has 0 radical (unpaired) electrons. The van der Waals surface area contributed by atoms with E-state index in [9.17, 15) is 27.5 Å². The van der Waals surface area contributed by atoms with Crippen LogP contribution >= 0.6 is 0 Å². The molecule has 3 aromatic carbocycles. The molecule has 0 aliphatic rings. The second kappa shape index (κ2) is 6.57. The molecule has 3 aromatic rings. The molecule has 7 heteroatoms. The molecule has 0 saturated carbocycles. The number of ether oxygens (including phenoxy) is 1. The van der Waals surface area contributed by atoms with Crippen LogP contribution in [0.5, 0.6) is 11.5 Å². The zero-order valence-electron chi connectivity index (χ0n) is 14.3. The molecule has 140 valence electrons. The average Bonchev–Trinajstić information content (AvgIpc) is 2.61. The van der Waals surface area contributed by atoms with E-state index in [2.05, 4.69) is 0 Å². The average molecular weight is 378 g/mol. The van der Waals surface area contributed by atoms with E-state index in [1.54, 1.807) is 24.3 Å². The van der Waals surface area contributed by atoms with Gasteiger partial charge < -0.3 is 9.84 Å². The molecule has 0 unspecified atom stereocenters. The van der Waals surface area contributed by atoms with Gasteiger partial charge in [-0.05, 0) is 25.1 Å². The molecule has 3 nitrogen and oxygen atoms in total. The van der Waals surface area contributed by atoms with Gasteiger partial charge in [0.1, 0.15) is 17.3 Å². The monoisotopic (exact) mass is 378 g/mol. The number of halogens is 4. The molecule has 0 spiro atoms. The van der Waals surface area contributed by atoms with E-state index >= 15 is 0 Å². The van der Waals surface area contributed by atoms with Crippen LogP contribution in [0.15, 0.2) is 42.5 Å². The molecular weight excluding hydrogens is 364 g/mol. The molecule has 0 atom stereocenters. The Hall–Kier alpha value is -3.09. The van der Waals surface area contributed by atoms with Gasteiger partial charge in [-0.3, -0.25) is 4.79 Å².